The van der Waals surface area contributed by atoms with Gasteiger partial charge in [0.1, 0.15) is 0 Å². The summed E-state index contributed by atoms with van der Waals surface area (Å²) in [6.45, 7) is 3.87. The molecule has 0 aromatic heterocycles. The van der Waals surface area contributed by atoms with Crippen molar-refractivity contribution in [2.45, 2.75) is 70.5 Å². The predicted molar refractivity (Wildman–Crippen MR) is 85.8 cm³/mol. The molecule has 0 saturated carbocycles. The van der Waals surface area contributed by atoms with Crippen LogP contribution in [0.2, 0.25) is 0 Å². The lowest BCUT2D eigenvalue weighted by molar-refractivity contribution is -0.136. The number of carbonyl (C=O) groups is 1. The van der Waals surface area contributed by atoms with Crippen LogP contribution in [0.15, 0.2) is 12.2 Å². The summed E-state index contributed by atoms with van der Waals surface area (Å²) in [6.07, 6.45) is 12.8. The van der Waals surface area contributed by atoms with Crippen molar-refractivity contribution >= 4 is 5.97 Å². The van der Waals surface area contributed by atoms with Gasteiger partial charge in [0.05, 0.1) is 25.2 Å². The highest BCUT2D eigenvalue weighted by molar-refractivity contribution is 5.68. The SMILES string of the molecule is CCCCCCOC[C@@H]1[C@H](CC=CCC(=O)O)[C@@H]2CC[C@H]1O2. The van der Waals surface area contributed by atoms with Crippen molar-refractivity contribution in [1.29, 1.82) is 0 Å². The average Bonchev–Trinajstić information content (AvgIpc) is 3.08. The quantitative estimate of drug-likeness (QED) is 0.466. The molecule has 2 saturated heterocycles. The van der Waals surface area contributed by atoms with Crippen LogP contribution in [0.4, 0.5) is 0 Å². The molecule has 0 aliphatic carbocycles. The van der Waals surface area contributed by atoms with Gasteiger partial charge in [0.2, 0.25) is 0 Å². The van der Waals surface area contributed by atoms with Gasteiger partial charge in [0.15, 0.2) is 0 Å². The van der Waals surface area contributed by atoms with Gasteiger partial charge in [-0.05, 0) is 31.6 Å². The van der Waals surface area contributed by atoms with Gasteiger partial charge in [-0.25, -0.2) is 0 Å². The molecular weight excluding hydrogens is 280 g/mol. The van der Waals surface area contributed by atoms with E-state index in [4.69, 9.17) is 14.6 Å². The Balaban J connectivity index is 1.70. The number of ether oxygens (including phenoxy) is 2. The van der Waals surface area contributed by atoms with Crippen molar-refractivity contribution in [3.8, 4) is 0 Å². The van der Waals surface area contributed by atoms with Crippen molar-refractivity contribution in [2.24, 2.45) is 11.8 Å². The van der Waals surface area contributed by atoms with Gasteiger partial charge in [0.25, 0.3) is 0 Å². The lowest BCUT2D eigenvalue weighted by Crippen LogP contribution is -2.30. The fraction of sp³-hybridized carbons (Fsp3) is 0.833. The Hall–Kier alpha value is -0.870. The molecule has 4 atom stereocenters. The molecule has 2 aliphatic heterocycles. The predicted octanol–water partition coefficient (Wildman–Crippen LogP) is 3.80. The highest BCUT2D eigenvalue weighted by Gasteiger charge is 2.48. The van der Waals surface area contributed by atoms with Crippen LogP contribution < -0.4 is 0 Å². The second kappa shape index (κ2) is 9.31. The summed E-state index contributed by atoms with van der Waals surface area (Å²) in [4.78, 5) is 10.5. The first-order chi connectivity index (χ1) is 10.7. The second-order valence-corrected chi connectivity index (χ2v) is 6.56. The van der Waals surface area contributed by atoms with E-state index < -0.39 is 5.97 Å². The zero-order chi connectivity index (χ0) is 15.8. The first kappa shape index (κ1) is 17.5. The Labute approximate surface area is 133 Å². The third-order valence-electron chi connectivity index (χ3n) is 4.91. The van der Waals surface area contributed by atoms with Gasteiger partial charge in [-0.3, -0.25) is 4.79 Å². The Morgan fingerprint density at radius 1 is 1.18 bits per heavy atom. The molecular formula is C18H30O4. The Kier molecular flexibility index (Phi) is 7.40. The summed E-state index contributed by atoms with van der Waals surface area (Å²) >= 11 is 0. The number of rotatable bonds is 11. The van der Waals surface area contributed by atoms with Gasteiger partial charge in [0, 0.05) is 12.5 Å². The van der Waals surface area contributed by atoms with E-state index in [2.05, 4.69) is 6.92 Å². The zero-order valence-electron chi connectivity index (χ0n) is 13.7. The molecule has 2 fully saturated rings. The van der Waals surface area contributed by atoms with Crippen LogP contribution in [0.3, 0.4) is 0 Å². The van der Waals surface area contributed by atoms with Crippen molar-refractivity contribution in [1.82, 2.24) is 0 Å². The molecule has 22 heavy (non-hydrogen) atoms. The molecule has 2 aliphatic rings. The van der Waals surface area contributed by atoms with E-state index >= 15 is 0 Å². The summed E-state index contributed by atoms with van der Waals surface area (Å²) in [5.41, 5.74) is 0. The lowest BCUT2D eigenvalue weighted by Gasteiger charge is -2.27. The number of allylic oxidation sites excluding steroid dienone is 1. The van der Waals surface area contributed by atoms with Gasteiger partial charge in [-0.2, -0.15) is 0 Å². The maximum Gasteiger partial charge on any atom is 0.307 e. The average molecular weight is 310 g/mol. The Morgan fingerprint density at radius 2 is 1.95 bits per heavy atom. The molecule has 2 bridgehead atoms. The van der Waals surface area contributed by atoms with Crippen LogP contribution in [0, 0.1) is 11.8 Å². The monoisotopic (exact) mass is 310 g/mol. The number of aliphatic carboxylic acids is 1. The number of carboxylic acid groups (broad SMARTS) is 1. The molecule has 126 valence electrons. The molecule has 2 rings (SSSR count). The fourth-order valence-electron chi connectivity index (χ4n) is 3.72. The molecule has 0 spiro atoms. The van der Waals surface area contributed by atoms with E-state index in [9.17, 15) is 4.79 Å². The molecule has 1 N–H and O–H groups in total. The number of hydrogen-bond acceptors (Lipinski definition) is 3. The zero-order valence-corrected chi connectivity index (χ0v) is 13.7. The van der Waals surface area contributed by atoms with Gasteiger partial charge >= 0.3 is 5.97 Å². The fourth-order valence-corrected chi connectivity index (χ4v) is 3.72. The van der Waals surface area contributed by atoms with E-state index in [1.807, 2.05) is 6.08 Å². The summed E-state index contributed by atoms with van der Waals surface area (Å²) < 4.78 is 11.9. The van der Waals surface area contributed by atoms with Gasteiger partial charge in [-0.15, -0.1) is 0 Å². The molecule has 4 heteroatoms. The largest absolute Gasteiger partial charge is 0.481 e. The molecule has 0 aromatic rings. The highest BCUT2D eigenvalue weighted by Crippen LogP contribution is 2.45. The van der Waals surface area contributed by atoms with Gasteiger partial charge in [-0.1, -0.05) is 38.3 Å². The van der Waals surface area contributed by atoms with E-state index in [0.29, 0.717) is 24.0 Å². The van der Waals surface area contributed by atoms with E-state index in [-0.39, 0.29) is 6.42 Å². The normalized spacial score (nSPS) is 30.4. The third-order valence-corrected chi connectivity index (χ3v) is 4.91. The number of fused-ring (bicyclic) bond motifs is 2. The molecule has 0 amide bonds. The summed E-state index contributed by atoms with van der Waals surface area (Å²) in [6, 6.07) is 0. The maximum atomic E-state index is 10.5. The first-order valence-electron chi connectivity index (χ1n) is 8.82. The van der Waals surface area contributed by atoms with Crippen LogP contribution in [-0.2, 0) is 14.3 Å². The number of carboxylic acids is 1. The van der Waals surface area contributed by atoms with Crippen molar-refractivity contribution in [3.63, 3.8) is 0 Å². The topological polar surface area (TPSA) is 55.8 Å². The minimum atomic E-state index is -0.771. The molecule has 0 radical (unpaired) electrons. The molecule has 0 aromatic carbocycles. The standard InChI is InChI=1S/C18H30O4/c1-2-3-4-7-12-21-13-15-14(8-5-6-9-18(19)20)16-10-11-17(15)22-16/h5-6,14-17H,2-4,7-13H2,1H3,(H,19,20)/t14-,15+,16-,17+/m0/s1. The van der Waals surface area contributed by atoms with Crippen molar-refractivity contribution in [3.05, 3.63) is 12.2 Å². The van der Waals surface area contributed by atoms with Crippen LogP contribution >= 0.6 is 0 Å². The maximum absolute atomic E-state index is 10.5. The van der Waals surface area contributed by atoms with E-state index in [1.165, 1.54) is 19.3 Å². The summed E-state index contributed by atoms with van der Waals surface area (Å²) in [5.74, 6) is 0.214. The van der Waals surface area contributed by atoms with Crippen molar-refractivity contribution < 1.29 is 19.4 Å². The summed E-state index contributed by atoms with van der Waals surface area (Å²) in [7, 11) is 0. The van der Waals surface area contributed by atoms with Gasteiger partial charge < -0.3 is 14.6 Å². The summed E-state index contributed by atoms with van der Waals surface area (Å²) in [5, 5.41) is 8.67. The first-order valence-corrected chi connectivity index (χ1v) is 8.82. The van der Waals surface area contributed by atoms with E-state index in [1.54, 1.807) is 6.08 Å². The smallest absolute Gasteiger partial charge is 0.307 e. The van der Waals surface area contributed by atoms with Crippen molar-refractivity contribution in [2.75, 3.05) is 13.2 Å². The second-order valence-electron chi connectivity index (χ2n) is 6.56. The molecule has 0 unspecified atom stereocenters. The Bertz CT molecular complexity index is 366. The number of unbranched alkanes of at least 4 members (excludes halogenated alkanes) is 3. The van der Waals surface area contributed by atoms with Crippen LogP contribution in [0.1, 0.15) is 58.3 Å². The van der Waals surface area contributed by atoms with Crippen LogP contribution in [0.25, 0.3) is 0 Å². The number of hydrogen-bond donors (Lipinski definition) is 1. The lowest BCUT2D eigenvalue weighted by atomic mass is 9.78. The highest BCUT2D eigenvalue weighted by atomic mass is 16.5. The minimum Gasteiger partial charge on any atom is -0.481 e. The van der Waals surface area contributed by atoms with Crippen LogP contribution in [-0.4, -0.2) is 36.5 Å². The van der Waals surface area contributed by atoms with E-state index in [0.717, 1.165) is 38.9 Å². The molecule has 4 nitrogen and oxygen atoms in total. The van der Waals surface area contributed by atoms with Crippen LogP contribution in [0.5, 0.6) is 0 Å². The minimum absolute atomic E-state index is 0.111. The molecule has 2 heterocycles. The third kappa shape index (κ3) is 5.10. The Morgan fingerprint density at radius 3 is 2.68 bits per heavy atom.